The third kappa shape index (κ3) is 3.56. The second-order valence-corrected chi connectivity index (χ2v) is 4.37. The van der Waals surface area contributed by atoms with Crippen molar-refractivity contribution >= 4 is 5.95 Å². The molecule has 0 amide bonds. The lowest BCUT2D eigenvalue weighted by molar-refractivity contribution is 0.178. The van der Waals surface area contributed by atoms with E-state index in [4.69, 9.17) is 4.74 Å². The van der Waals surface area contributed by atoms with E-state index in [0.717, 1.165) is 25.8 Å². The van der Waals surface area contributed by atoms with Crippen LogP contribution in [0.4, 0.5) is 5.95 Å². The number of aliphatic hydroxyl groups is 1. The zero-order chi connectivity index (χ0) is 12.1. The third-order valence-corrected chi connectivity index (χ3v) is 2.98. The van der Waals surface area contributed by atoms with Crippen LogP contribution in [-0.2, 0) is 0 Å². The second-order valence-electron chi connectivity index (χ2n) is 4.37. The maximum atomic E-state index is 9.43. The molecular weight excluding hydrogens is 218 g/mol. The number of ether oxygens (including phenoxy) is 1. The Bertz CT molecular complexity index is 359. The lowest BCUT2D eigenvalue weighted by Crippen LogP contribution is -2.14. The molecule has 0 spiro atoms. The summed E-state index contributed by atoms with van der Waals surface area (Å²) < 4.78 is 5.30. The molecule has 2 N–H and O–H groups in total. The summed E-state index contributed by atoms with van der Waals surface area (Å²) in [6, 6.07) is 1.74. The van der Waals surface area contributed by atoms with E-state index in [1.165, 1.54) is 0 Å². The molecule has 5 heteroatoms. The fourth-order valence-electron chi connectivity index (χ4n) is 2.13. The van der Waals surface area contributed by atoms with Gasteiger partial charge in [0.25, 0.3) is 0 Å². The van der Waals surface area contributed by atoms with Gasteiger partial charge in [0.15, 0.2) is 0 Å². The van der Waals surface area contributed by atoms with Gasteiger partial charge in [-0.3, -0.25) is 0 Å². The molecule has 2 atom stereocenters. The van der Waals surface area contributed by atoms with Gasteiger partial charge in [0.2, 0.25) is 11.8 Å². The van der Waals surface area contributed by atoms with E-state index in [2.05, 4.69) is 15.3 Å². The van der Waals surface area contributed by atoms with Crippen LogP contribution in [0.15, 0.2) is 12.3 Å². The molecule has 0 bridgehead atoms. The third-order valence-electron chi connectivity index (χ3n) is 2.98. The fraction of sp³-hybridized carbons (Fsp3) is 0.667. The summed E-state index contributed by atoms with van der Waals surface area (Å²) in [6.45, 7) is 3.34. The molecule has 5 nitrogen and oxygen atoms in total. The fourth-order valence-corrected chi connectivity index (χ4v) is 2.13. The first-order valence-corrected chi connectivity index (χ1v) is 6.15. The van der Waals surface area contributed by atoms with Gasteiger partial charge in [-0.05, 0) is 32.1 Å². The Labute approximate surface area is 101 Å². The number of hydrogen-bond donors (Lipinski definition) is 2. The summed E-state index contributed by atoms with van der Waals surface area (Å²) in [4.78, 5) is 8.37. The molecule has 1 heterocycles. The Morgan fingerprint density at radius 2 is 2.41 bits per heavy atom. The standard InChI is InChI=1S/C12H19N3O2/c1-2-17-11-5-6-13-12(15-11)14-8-9-3-4-10(16)7-9/h5-6,9-10,16H,2-4,7-8H2,1H3,(H,13,14,15). The maximum Gasteiger partial charge on any atom is 0.225 e. The normalized spacial score (nSPS) is 23.6. The number of hydrogen-bond acceptors (Lipinski definition) is 5. The predicted octanol–water partition coefficient (Wildman–Crippen LogP) is 1.45. The molecule has 1 aliphatic rings. The largest absolute Gasteiger partial charge is 0.478 e. The van der Waals surface area contributed by atoms with Gasteiger partial charge in [-0.2, -0.15) is 4.98 Å². The molecule has 94 valence electrons. The molecule has 17 heavy (non-hydrogen) atoms. The van der Waals surface area contributed by atoms with Crippen molar-refractivity contribution in [2.24, 2.45) is 5.92 Å². The summed E-state index contributed by atoms with van der Waals surface area (Å²) >= 11 is 0. The highest BCUT2D eigenvalue weighted by molar-refractivity contribution is 5.27. The molecule has 0 saturated heterocycles. The van der Waals surface area contributed by atoms with Gasteiger partial charge in [-0.1, -0.05) is 0 Å². The summed E-state index contributed by atoms with van der Waals surface area (Å²) in [5.74, 6) is 1.71. The molecule has 2 unspecified atom stereocenters. The summed E-state index contributed by atoms with van der Waals surface area (Å²) in [7, 11) is 0. The number of nitrogens with one attached hydrogen (secondary N) is 1. The highest BCUT2D eigenvalue weighted by Crippen LogP contribution is 2.25. The minimum Gasteiger partial charge on any atom is -0.478 e. The predicted molar refractivity (Wildman–Crippen MR) is 65.0 cm³/mol. The van der Waals surface area contributed by atoms with Crippen LogP contribution in [-0.4, -0.2) is 34.3 Å². The van der Waals surface area contributed by atoms with Gasteiger partial charge < -0.3 is 15.2 Å². The highest BCUT2D eigenvalue weighted by atomic mass is 16.5. The average molecular weight is 237 g/mol. The smallest absolute Gasteiger partial charge is 0.225 e. The van der Waals surface area contributed by atoms with Gasteiger partial charge in [-0.15, -0.1) is 0 Å². The number of anilines is 1. The van der Waals surface area contributed by atoms with Gasteiger partial charge in [0.05, 0.1) is 12.7 Å². The van der Waals surface area contributed by atoms with Crippen molar-refractivity contribution in [2.75, 3.05) is 18.5 Å². The lowest BCUT2D eigenvalue weighted by Gasteiger charge is -2.11. The number of rotatable bonds is 5. The Kier molecular flexibility index (Phi) is 4.14. The van der Waals surface area contributed by atoms with Crippen LogP contribution in [0.25, 0.3) is 0 Å². The van der Waals surface area contributed by atoms with Gasteiger partial charge in [-0.25, -0.2) is 4.98 Å². The van der Waals surface area contributed by atoms with Gasteiger partial charge >= 0.3 is 0 Å². The van der Waals surface area contributed by atoms with Crippen LogP contribution in [0.5, 0.6) is 5.88 Å². The molecule has 0 aromatic carbocycles. The summed E-state index contributed by atoms with van der Waals surface area (Å²) in [5.41, 5.74) is 0. The zero-order valence-corrected chi connectivity index (χ0v) is 10.1. The second kappa shape index (κ2) is 5.82. The number of nitrogens with zero attached hydrogens (tertiary/aromatic N) is 2. The zero-order valence-electron chi connectivity index (χ0n) is 10.1. The highest BCUT2D eigenvalue weighted by Gasteiger charge is 2.22. The van der Waals surface area contributed by atoms with E-state index in [0.29, 0.717) is 24.4 Å². The van der Waals surface area contributed by atoms with Gasteiger partial charge in [0, 0.05) is 18.8 Å². The van der Waals surface area contributed by atoms with Crippen LogP contribution < -0.4 is 10.1 Å². The van der Waals surface area contributed by atoms with Crippen molar-refractivity contribution in [1.29, 1.82) is 0 Å². The van der Waals surface area contributed by atoms with E-state index >= 15 is 0 Å². The number of aliphatic hydroxyl groups excluding tert-OH is 1. The van der Waals surface area contributed by atoms with Crippen molar-refractivity contribution in [2.45, 2.75) is 32.3 Å². The van der Waals surface area contributed by atoms with Crippen molar-refractivity contribution in [3.8, 4) is 5.88 Å². The Morgan fingerprint density at radius 1 is 1.53 bits per heavy atom. The molecule has 1 aromatic heterocycles. The molecule has 1 aromatic rings. The van der Waals surface area contributed by atoms with Crippen molar-refractivity contribution < 1.29 is 9.84 Å². The molecule has 1 fully saturated rings. The Morgan fingerprint density at radius 3 is 3.12 bits per heavy atom. The molecule has 1 saturated carbocycles. The van der Waals surface area contributed by atoms with Crippen LogP contribution in [0.3, 0.4) is 0 Å². The summed E-state index contributed by atoms with van der Waals surface area (Å²) in [5, 5.41) is 12.6. The first-order chi connectivity index (χ1) is 8.28. The maximum absolute atomic E-state index is 9.43. The average Bonchev–Trinajstić information content (AvgIpc) is 2.74. The Hall–Kier alpha value is -1.36. The minimum atomic E-state index is -0.127. The van der Waals surface area contributed by atoms with Crippen LogP contribution in [0.2, 0.25) is 0 Å². The van der Waals surface area contributed by atoms with E-state index in [9.17, 15) is 5.11 Å². The van der Waals surface area contributed by atoms with Gasteiger partial charge in [0.1, 0.15) is 0 Å². The van der Waals surface area contributed by atoms with Crippen LogP contribution in [0, 0.1) is 5.92 Å². The lowest BCUT2D eigenvalue weighted by atomic mass is 10.1. The molecule has 1 aliphatic carbocycles. The van der Waals surface area contributed by atoms with Crippen molar-refractivity contribution in [1.82, 2.24) is 9.97 Å². The monoisotopic (exact) mass is 237 g/mol. The SMILES string of the molecule is CCOc1ccnc(NCC2CCC(O)C2)n1. The molecule has 0 aliphatic heterocycles. The summed E-state index contributed by atoms with van der Waals surface area (Å²) in [6.07, 6.45) is 4.41. The number of aromatic nitrogens is 2. The molecule has 2 rings (SSSR count). The molecular formula is C12H19N3O2. The van der Waals surface area contributed by atoms with E-state index in [-0.39, 0.29) is 6.10 Å². The molecule has 0 radical (unpaired) electrons. The van der Waals surface area contributed by atoms with E-state index in [1.54, 1.807) is 12.3 Å². The quantitative estimate of drug-likeness (QED) is 0.811. The van der Waals surface area contributed by atoms with E-state index < -0.39 is 0 Å². The Balaban J connectivity index is 1.83. The topological polar surface area (TPSA) is 67.3 Å². The first kappa shape index (κ1) is 12.1. The van der Waals surface area contributed by atoms with Crippen LogP contribution in [0.1, 0.15) is 26.2 Å². The van der Waals surface area contributed by atoms with Crippen LogP contribution >= 0.6 is 0 Å². The van der Waals surface area contributed by atoms with E-state index in [1.807, 2.05) is 6.92 Å². The minimum absolute atomic E-state index is 0.127. The van der Waals surface area contributed by atoms with Crippen molar-refractivity contribution in [3.63, 3.8) is 0 Å². The van der Waals surface area contributed by atoms with Crippen molar-refractivity contribution in [3.05, 3.63) is 12.3 Å². The first-order valence-electron chi connectivity index (χ1n) is 6.15.